The minimum absolute atomic E-state index is 0.0205. The number of nitrogens with zero attached hydrogens (tertiary/aromatic N) is 2. The maximum Gasteiger partial charge on any atom is 0.335 e. The van der Waals surface area contributed by atoms with Crippen LogP contribution in [0.4, 0.5) is 17.1 Å². The molecule has 0 amide bonds. The molecule has 0 saturated carbocycles. The van der Waals surface area contributed by atoms with Gasteiger partial charge in [0.2, 0.25) is 0 Å². The highest BCUT2D eigenvalue weighted by atomic mass is 16.4. The Hall–Kier alpha value is -2.69. The van der Waals surface area contributed by atoms with Crippen molar-refractivity contribution in [2.24, 2.45) is 10.2 Å². The van der Waals surface area contributed by atoms with E-state index in [-0.39, 0.29) is 46.8 Å². The average molecular weight is 245 g/mol. The number of aromatic carboxylic acids is 1. The van der Waals surface area contributed by atoms with Crippen molar-refractivity contribution >= 4 is 23.0 Å². The number of rotatable bonds is 3. The van der Waals surface area contributed by atoms with Gasteiger partial charge in [-0.1, -0.05) is 0 Å². The van der Waals surface area contributed by atoms with Gasteiger partial charge >= 0.3 is 5.97 Å². The topological polar surface area (TPSA) is 88.0 Å². The van der Waals surface area contributed by atoms with Crippen LogP contribution in [0, 0.1) is 0 Å². The van der Waals surface area contributed by atoms with Crippen LogP contribution in [0.5, 0.6) is 0 Å². The van der Waals surface area contributed by atoms with Gasteiger partial charge in [-0.3, -0.25) is 0 Å². The summed E-state index contributed by atoms with van der Waals surface area (Å²) in [5.74, 6) is -1.23. The number of benzene rings is 2. The van der Waals surface area contributed by atoms with Crippen molar-refractivity contribution in [3.63, 3.8) is 0 Å². The van der Waals surface area contributed by atoms with Crippen LogP contribution in [-0.2, 0) is 0 Å². The van der Waals surface area contributed by atoms with Gasteiger partial charge in [0.15, 0.2) is 0 Å². The first-order valence-electron chi connectivity index (χ1n) is 6.92. The van der Waals surface area contributed by atoms with Crippen molar-refractivity contribution in [3.8, 4) is 0 Å². The van der Waals surface area contributed by atoms with E-state index in [0.29, 0.717) is 0 Å². The van der Waals surface area contributed by atoms with Gasteiger partial charge in [-0.2, -0.15) is 10.2 Å². The van der Waals surface area contributed by atoms with Gasteiger partial charge in [-0.25, -0.2) is 4.79 Å². The standard InChI is InChI=1S/C13H11N3O2/c14-10-3-7-12(8-4-10)16-15-11-5-1-9(2-6-11)13(17)18/h1-8H,14H2,(H,17,18)/i3D,4D,5D,6D. The molecular formula is C13H11N3O2. The summed E-state index contributed by atoms with van der Waals surface area (Å²) in [7, 11) is 0. The lowest BCUT2D eigenvalue weighted by Crippen LogP contribution is -1.93. The summed E-state index contributed by atoms with van der Waals surface area (Å²) in [6.07, 6.45) is 0. The predicted octanol–water partition coefficient (Wildman–Crippen LogP) is 3.38. The van der Waals surface area contributed by atoms with Crippen LogP contribution in [0.2, 0.25) is 0 Å². The first-order chi connectivity index (χ1) is 10.3. The van der Waals surface area contributed by atoms with Crippen LogP contribution in [0.1, 0.15) is 15.8 Å². The lowest BCUT2D eigenvalue weighted by Gasteiger charge is -1.96. The Labute approximate surface area is 109 Å². The maximum absolute atomic E-state index is 10.8. The molecule has 2 aromatic carbocycles. The van der Waals surface area contributed by atoms with E-state index < -0.39 is 5.97 Å². The third-order valence-electron chi connectivity index (χ3n) is 1.99. The Morgan fingerprint density at radius 2 is 1.61 bits per heavy atom. The van der Waals surface area contributed by atoms with E-state index in [9.17, 15) is 4.79 Å². The number of hydrogen-bond donors (Lipinski definition) is 2. The third kappa shape index (κ3) is 2.91. The second kappa shape index (κ2) is 5.09. The van der Waals surface area contributed by atoms with Gasteiger partial charge < -0.3 is 10.8 Å². The van der Waals surface area contributed by atoms with E-state index in [1.54, 1.807) is 0 Å². The van der Waals surface area contributed by atoms with Crippen LogP contribution < -0.4 is 5.73 Å². The van der Waals surface area contributed by atoms with Crippen LogP contribution in [0.25, 0.3) is 0 Å². The largest absolute Gasteiger partial charge is 0.478 e. The second-order valence-electron chi connectivity index (χ2n) is 3.30. The van der Waals surface area contributed by atoms with Crippen molar-refractivity contribution in [1.82, 2.24) is 0 Å². The fourth-order valence-corrected chi connectivity index (χ4v) is 1.11. The molecule has 18 heavy (non-hydrogen) atoms. The molecule has 90 valence electrons. The third-order valence-corrected chi connectivity index (χ3v) is 1.99. The lowest BCUT2D eigenvalue weighted by atomic mass is 10.2. The van der Waals surface area contributed by atoms with Crippen molar-refractivity contribution in [3.05, 3.63) is 54.0 Å². The summed E-state index contributed by atoms with van der Waals surface area (Å²) < 4.78 is 30.5. The SMILES string of the molecule is [2H]c1cc(N=Nc2c([2H])cc(C(=O)O)cc2[2H])cc([2H])c1N. The Bertz CT molecular complexity index is 747. The van der Waals surface area contributed by atoms with Crippen LogP contribution >= 0.6 is 0 Å². The second-order valence-corrected chi connectivity index (χ2v) is 3.30. The number of nitrogen functional groups attached to an aromatic ring is 1. The highest BCUT2D eigenvalue weighted by Gasteiger charge is 2.00. The van der Waals surface area contributed by atoms with Crippen LogP contribution in [-0.4, -0.2) is 11.1 Å². The zero-order valence-corrected chi connectivity index (χ0v) is 9.14. The van der Waals surface area contributed by atoms with Gasteiger partial charge in [-0.05, 0) is 48.4 Å². The molecule has 0 atom stereocenters. The Morgan fingerprint density at radius 1 is 1.06 bits per heavy atom. The van der Waals surface area contributed by atoms with Gasteiger partial charge in [0.05, 0.1) is 22.4 Å². The molecular weight excluding hydrogens is 230 g/mol. The monoisotopic (exact) mass is 245 g/mol. The summed E-state index contributed by atoms with van der Waals surface area (Å²) in [6, 6.07) is 4.11. The number of hydrogen-bond acceptors (Lipinski definition) is 4. The number of carboxylic acid groups (broad SMARTS) is 1. The van der Waals surface area contributed by atoms with E-state index in [1.807, 2.05) is 0 Å². The highest BCUT2D eigenvalue weighted by molar-refractivity contribution is 5.87. The molecule has 5 heteroatoms. The normalized spacial score (nSPS) is 13.8. The van der Waals surface area contributed by atoms with Crippen molar-refractivity contribution in [2.75, 3.05) is 5.73 Å². The van der Waals surface area contributed by atoms with E-state index in [2.05, 4.69) is 10.2 Å². The molecule has 0 saturated heterocycles. The molecule has 0 fully saturated rings. The summed E-state index contributed by atoms with van der Waals surface area (Å²) >= 11 is 0. The summed E-state index contributed by atoms with van der Waals surface area (Å²) in [6.45, 7) is 0. The molecule has 5 nitrogen and oxygen atoms in total. The van der Waals surface area contributed by atoms with Gasteiger partial charge in [0.25, 0.3) is 0 Å². The molecule has 0 heterocycles. The number of carboxylic acids is 1. The number of carbonyl (C=O) groups is 1. The van der Waals surface area contributed by atoms with E-state index in [0.717, 1.165) is 12.1 Å². The first kappa shape index (κ1) is 7.60. The summed E-state index contributed by atoms with van der Waals surface area (Å²) in [5, 5.41) is 16.4. The minimum atomic E-state index is -1.23. The summed E-state index contributed by atoms with van der Waals surface area (Å²) in [5.41, 5.74) is 5.42. The van der Waals surface area contributed by atoms with Crippen molar-refractivity contribution in [2.45, 2.75) is 0 Å². The lowest BCUT2D eigenvalue weighted by molar-refractivity contribution is 0.0697. The molecule has 3 N–H and O–H groups in total. The number of anilines is 1. The Morgan fingerprint density at radius 3 is 2.17 bits per heavy atom. The fourth-order valence-electron chi connectivity index (χ4n) is 1.11. The highest BCUT2D eigenvalue weighted by Crippen LogP contribution is 2.19. The van der Waals surface area contributed by atoms with Crippen molar-refractivity contribution < 1.29 is 15.4 Å². The van der Waals surface area contributed by atoms with Gasteiger partial charge in [0.1, 0.15) is 0 Å². The molecule has 0 spiro atoms. The Kier molecular flexibility index (Phi) is 2.15. The van der Waals surface area contributed by atoms with Crippen LogP contribution in [0.3, 0.4) is 0 Å². The van der Waals surface area contributed by atoms with Gasteiger partial charge in [0, 0.05) is 5.69 Å². The minimum Gasteiger partial charge on any atom is -0.478 e. The quantitative estimate of drug-likeness (QED) is 0.641. The van der Waals surface area contributed by atoms with E-state index in [1.165, 1.54) is 12.1 Å². The number of nitrogens with two attached hydrogens (primary N) is 1. The predicted molar refractivity (Wildman–Crippen MR) is 68.4 cm³/mol. The molecule has 0 aliphatic rings. The zero-order chi connectivity index (χ0) is 16.4. The molecule has 0 radical (unpaired) electrons. The molecule has 2 aromatic rings. The van der Waals surface area contributed by atoms with Gasteiger partial charge in [-0.15, -0.1) is 0 Å². The molecule has 0 aromatic heterocycles. The molecule has 2 rings (SSSR count). The molecule has 0 bridgehead atoms. The molecule has 0 unspecified atom stereocenters. The summed E-state index contributed by atoms with van der Waals surface area (Å²) in [4.78, 5) is 10.8. The molecule has 0 aliphatic heterocycles. The zero-order valence-electron chi connectivity index (χ0n) is 13.1. The smallest absolute Gasteiger partial charge is 0.335 e. The van der Waals surface area contributed by atoms with E-state index in [4.69, 9.17) is 16.3 Å². The average Bonchev–Trinajstić information content (AvgIpc) is 2.43. The maximum atomic E-state index is 10.8. The Balaban J connectivity index is 2.41. The van der Waals surface area contributed by atoms with Crippen molar-refractivity contribution in [1.29, 1.82) is 0 Å². The molecule has 0 aliphatic carbocycles. The van der Waals surface area contributed by atoms with Crippen LogP contribution in [0.15, 0.2) is 58.7 Å². The fraction of sp³-hybridized carbons (Fsp3) is 0. The number of azo groups is 1. The van der Waals surface area contributed by atoms with E-state index >= 15 is 0 Å². The first-order valence-corrected chi connectivity index (χ1v) is 4.92.